The van der Waals surface area contributed by atoms with Gasteiger partial charge in [-0.25, -0.2) is 0 Å². The fourth-order valence-electron chi connectivity index (χ4n) is 3.23. The van der Waals surface area contributed by atoms with Crippen LogP contribution < -0.4 is 10.1 Å². The molecule has 1 aromatic rings. The van der Waals surface area contributed by atoms with Crippen molar-refractivity contribution in [2.75, 3.05) is 20.3 Å². The quantitative estimate of drug-likeness (QED) is 0.917. The number of ether oxygens (including phenoxy) is 2. The van der Waals surface area contributed by atoms with Gasteiger partial charge in [-0.05, 0) is 37.5 Å². The molecule has 0 spiro atoms. The Morgan fingerprint density at radius 2 is 2.33 bits per heavy atom. The summed E-state index contributed by atoms with van der Waals surface area (Å²) in [6.45, 7) is 3.25. The van der Waals surface area contributed by atoms with Gasteiger partial charge in [0.1, 0.15) is 11.9 Å². The average Bonchev–Trinajstić information content (AvgIpc) is 3.16. The number of carbonyl (C=O) groups is 1. The van der Waals surface area contributed by atoms with Gasteiger partial charge in [0.2, 0.25) is 5.91 Å². The zero-order valence-electron chi connectivity index (χ0n) is 12.5. The van der Waals surface area contributed by atoms with Gasteiger partial charge in [0.05, 0.1) is 25.8 Å². The summed E-state index contributed by atoms with van der Waals surface area (Å²) in [5.41, 5.74) is 1.05. The van der Waals surface area contributed by atoms with E-state index in [-0.39, 0.29) is 24.2 Å². The zero-order valence-corrected chi connectivity index (χ0v) is 12.5. The molecule has 0 bridgehead atoms. The molecule has 0 radical (unpaired) electrons. The Kier molecular flexibility index (Phi) is 4.12. The van der Waals surface area contributed by atoms with Crippen LogP contribution in [0.15, 0.2) is 24.3 Å². The van der Waals surface area contributed by atoms with Gasteiger partial charge < -0.3 is 14.4 Å². The summed E-state index contributed by atoms with van der Waals surface area (Å²) in [5.74, 6) is 0.934. The van der Waals surface area contributed by atoms with E-state index in [1.807, 2.05) is 29.2 Å². The summed E-state index contributed by atoms with van der Waals surface area (Å²) in [5, 5.41) is 3.29. The van der Waals surface area contributed by atoms with Crippen molar-refractivity contribution in [3.8, 4) is 5.75 Å². The molecule has 21 heavy (non-hydrogen) atoms. The molecule has 5 nitrogen and oxygen atoms in total. The third-order valence-corrected chi connectivity index (χ3v) is 4.36. The molecule has 3 atom stereocenters. The predicted octanol–water partition coefficient (Wildman–Crippen LogP) is 1.69. The molecule has 0 aliphatic carbocycles. The molecule has 114 valence electrons. The van der Waals surface area contributed by atoms with Crippen LogP contribution in [0.25, 0.3) is 0 Å². The molecule has 2 heterocycles. The highest BCUT2D eigenvalue weighted by Gasteiger charge is 2.39. The van der Waals surface area contributed by atoms with Crippen LogP contribution in [0.3, 0.4) is 0 Å². The van der Waals surface area contributed by atoms with Crippen LogP contribution in [0, 0.1) is 0 Å². The van der Waals surface area contributed by atoms with Crippen molar-refractivity contribution in [3.05, 3.63) is 29.8 Å². The van der Waals surface area contributed by atoms with E-state index in [1.54, 1.807) is 7.11 Å². The van der Waals surface area contributed by atoms with Gasteiger partial charge in [-0.15, -0.1) is 0 Å². The van der Waals surface area contributed by atoms with Crippen molar-refractivity contribution in [3.63, 3.8) is 0 Å². The summed E-state index contributed by atoms with van der Waals surface area (Å²) < 4.78 is 11.0. The van der Waals surface area contributed by atoms with E-state index < -0.39 is 0 Å². The smallest absolute Gasteiger partial charge is 0.238 e. The first-order valence-corrected chi connectivity index (χ1v) is 7.51. The van der Waals surface area contributed by atoms with Gasteiger partial charge in [-0.3, -0.25) is 10.1 Å². The maximum Gasteiger partial charge on any atom is 0.238 e. The number of hydrogen-bond acceptors (Lipinski definition) is 4. The van der Waals surface area contributed by atoms with Crippen LogP contribution in [0.4, 0.5) is 0 Å². The summed E-state index contributed by atoms with van der Waals surface area (Å²) in [7, 11) is 1.65. The highest BCUT2D eigenvalue weighted by Crippen LogP contribution is 2.30. The molecular weight excluding hydrogens is 268 g/mol. The van der Waals surface area contributed by atoms with E-state index >= 15 is 0 Å². The van der Waals surface area contributed by atoms with Crippen LogP contribution in [0.5, 0.6) is 5.75 Å². The molecule has 2 aliphatic rings. The molecule has 3 rings (SSSR count). The molecule has 1 aromatic carbocycles. The van der Waals surface area contributed by atoms with Gasteiger partial charge >= 0.3 is 0 Å². The zero-order chi connectivity index (χ0) is 14.8. The maximum absolute atomic E-state index is 12.3. The lowest BCUT2D eigenvalue weighted by Gasteiger charge is -2.33. The fraction of sp³-hybridized carbons (Fsp3) is 0.562. The van der Waals surface area contributed by atoms with Crippen LogP contribution in [0.1, 0.15) is 31.5 Å². The van der Waals surface area contributed by atoms with Crippen molar-refractivity contribution in [2.45, 2.75) is 38.1 Å². The lowest BCUT2D eigenvalue weighted by atomic mass is 10.1. The standard InChI is InChI=1S/C16H22N2O3/c1-11(14-7-4-8-21-14)18-15(19)10-17-16(18)12-5-3-6-13(9-12)20-2/h3,5-6,9,11,14,16-17H,4,7-8,10H2,1-2H3. The number of carbonyl (C=O) groups excluding carboxylic acids is 1. The van der Waals surface area contributed by atoms with E-state index in [1.165, 1.54) is 0 Å². The number of amides is 1. The molecule has 0 saturated carbocycles. The van der Waals surface area contributed by atoms with Gasteiger partial charge in [-0.2, -0.15) is 0 Å². The van der Waals surface area contributed by atoms with Gasteiger partial charge in [0.25, 0.3) is 0 Å². The number of nitrogens with zero attached hydrogens (tertiary/aromatic N) is 1. The molecule has 3 unspecified atom stereocenters. The highest BCUT2D eigenvalue weighted by molar-refractivity contribution is 5.81. The number of methoxy groups -OCH3 is 1. The van der Waals surface area contributed by atoms with Gasteiger partial charge in [-0.1, -0.05) is 12.1 Å². The largest absolute Gasteiger partial charge is 0.497 e. The molecule has 5 heteroatoms. The van der Waals surface area contributed by atoms with Crippen LogP contribution in [-0.2, 0) is 9.53 Å². The van der Waals surface area contributed by atoms with Crippen molar-refractivity contribution < 1.29 is 14.3 Å². The highest BCUT2D eigenvalue weighted by atomic mass is 16.5. The fourth-order valence-corrected chi connectivity index (χ4v) is 3.23. The van der Waals surface area contributed by atoms with Crippen molar-refractivity contribution in [2.24, 2.45) is 0 Å². The van der Waals surface area contributed by atoms with E-state index in [4.69, 9.17) is 9.47 Å². The molecule has 1 amide bonds. The first-order valence-electron chi connectivity index (χ1n) is 7.51. The summed E-state index contributed by atoms with van der Waals surface area (Å²) in [6, 6.07) is 7.94. The Morgan fingerprint density at radius 1 is 1.48 bits per heavy atom. The Labute approximate surface area is 125 Å². The monoisotopic (exact) mass is 290 g/mol. The normalized spacial score (nSPS) is 27.1. The van der Waals surface area contributed by atoms with Crippen molar-refractivity contribution >= 4 is 5.91 Å². The minimum absolute atomic E-state index is 0.0752. The molecule has 2 fully saturated rings. The number of rotatable bonds is 4. The average molecular weight is 290 g/mol. The lowest BCUT2D eigenvalue weighted by molar-refractivity contribution is -0.132. The molecular formula is C16H22N2O3. The molecule has 2 saturated heterocycles. The Balaban J connectivity index is 1.84. The molecule has 0 aromatic heterocycles. The number of hydrogen-bond donors (Lipinski definition) is 1. The summed E-state index contributed by atoms with van der Waals surface area (Å²) >= 11 is 0. The first-order chi connectivity index (χ1) is 10.2. The van der Waals surface area contributed by atoms with Crippen molar-refractivity contribution in [1.82, 2.24) is 10.2 Å². The SMILES string of the molecule is COc1cccc(C2NCC(=O)N2C(C)C2CCCO2)c1. The molecule has 1 N–H and O–H groups in total. The van der Waals surface area contributed by atoms with Crippen LogP contribution in [0.2, 0.25) is 0 Å². The second-order valence-electron chi connectivity index (χ2n) is 5.65. The third kappa shape index (κ3) is 2.76. The topological polar surface area (TPSA) is 50.8 Å². The third-order valence-electron chi connectivity index (χ3n) is 4.36. The molecule has 2 aliphatic heterocycles. The van der Waals surface area contributed by atoms with E-state index in [9.17, 15) is 4.79 Å². The number of nitrogens with one attached hydrogen (secondary N) is 1. The van der Waals surface area contributed by atoms with Gasteiger partial charge in [0.15, 0.2) is 0 Å². The van der Waals surface area contributed by atoms with Crippen LogP contribution in [-0.4, -0.2) is 43.2 Å². The Hall–Kier alpha value is -1.59. The van der Waals surface area contributed by atoms with Crippen LogP contribution >= 0.6 is 0 Å². The minimum atomic E-state index is -0.105. The Morgan fingerprint density at radius 3 is 3.05 bits per heavy atom. The lowest BCUT2D eigenvalue weighted by Crippen LogP contribution is -2.44. The second kappa shape index (κ2) is 6.03. The second-order valence-corrected chi connectivity index (χ2v) is 5.65. The van der Waals surface area contributed by atoms with E-state index in [0.29, 0.717) is 6.54 Å². The van der Waals surface area contributed by atoms with Crippen molar-refractivity contribution in [1.29, 1.82) is 0 Å². The first kappa shape index (κ1) is 14.4. The van der Waals surface area contributed by atoms with E-state index in [0.717, 1.165) is 30.8 Å². The maximum atomic E-state index is 12.3. The predicted molar refractivity (Wildman–Crippen MR) is 79.0 cm³/mol. The van der Waals surface area contributed by atoms with E-state index in [2.05, 4.69) is 12.2 Å². The summed E-state index contributed by atoms with van der Waals surface area (Å²) in [4.78, 5) is 14.2. The summed E-state index contributed by atoms with van der Waals surface area (Å²) in [6.07, 6.45) is 2.14. The number of benzene rings is 1. The van der Waals surface area contributed by atoms with Gasteiger partial charge in [0, 0.05) is 6.61 Å². The minimum Gasteiger partial charge on any atom is -0.497 e. The Bertz CT molecular complexity index is 514.